The van der Waals surface area contributed by atoms with Crippen LogP contribution in [0.3, 0.4) is 0 Å². The zero-order valence-corrected chi connectivity index (χ0v) is 20.7. The maximum absolute atomic E-state index is 3.96. The number of hydrogen-bond acceptors (Lipinski definition) is 1. The van der Waals surface area contributed by atoms with Crippen LogP contribution in [0.25, 0.3) is 0 Å². The summed E-state index contributed by atoms with van der Waals surface area (Å²) >= 11 is 1.93. The van der Waals surface area contributed by atoms with Gasteiger partial charge in [0.25, 0.3) is 0 Å². The lowest BCUT2D eigenvalue weighted by molar-refractivity contribution is 0.838. The molecule has 27 heavy (non-hydrogen) atoms. The number of allylic oxidation sites excluding steroid dienone is 2. The van der Waals surface area contributed by atoms with Crippen molar-refractivity contribution >= 4 is 19.8 Å². The van der Waals surface area contributed by atoms with Gasteiger partial charge in [-0.05, 0) is 41.6 Å². The van der Waals surface area contributed by atoms with E-state index in [1.54, 1.807) is 0 Å². The Bertz CT molecular complexity index is 622. The van der Waals surface area contributed by atoms with Crippen LogP contribution >= 0.6 is 11.8 Å². The Kier molecular flexibility index (Phi) is 10.6. The van der Waals surface area contributed by atoms with Crippen molar-refractivity contribution < 1.29 is 0 Å². The van der Waals surface area contributed by atoms with Gasteiger partial charge < -0.3 is 0 Å². The lowest BCUT2D eigenvalue weighted by Crippen LogP contribution is -2.43. The highest BCUT2D eigenvalue weighted by molar-refractivity contribution is 8.03. The molecular weight excluding hydrogens is 360 g/mol. The summed E-state index contributed by atoms with van der Waals surface area (Å²) in [7, 11) is -1.68. The van der Waals surface area contributed by atoms with E-state index in [4.69, 9.17) is 0 Å². The van der Waals surface area contributed by atoms with E-state index >= 15 is 0 Å². The molecule has 0 atom stereocenters. The van der Waals surface area contributed by atoms with Gasteiger partial charge in [0.05, 0.1) is 0 Å². The van der Waals surface area contributed by atoms with E-state index in [0.717, 1.165) is 19.3 Å². The van der Waals surface area contributed by atoms with Gasteiger partial charge in [-0.2, -0.15) is 0 Å². The fraction of sp³-hybridized carbons (Fsp3) is 0.600. The van der Waals surface area contributed by atoms with Crippen molar-refractivity contribution in [3.8, 4) is 11.5 Å². The molecule has 1 aromatic carbocycles. The molecule has 0 nitrogen and oxygen atoms in total. The first-order valence-electron chi connectivity index (χ1n) is 10.8. The molecular formula is C25H40SSi. The molecule has 0 bridgehead atoms. The van der Waals surface area contributed by atoms with E-state index in [1.807, 2.05) is 11.8 Å². The van der Waals surface area contributed by atoms with E-state index < -0.39 is 8.07 Å². The third-order valence-corrected chi connectivity index (χ3v) is 13.1. The van der Waals surface area contributed by atoms with Gasteiger partial charge in [0, 0.05) is 15.4 Å². The minimum Gasteiger partial charge on any atom is -0.125 e. The number of hydrogen-bond donors (Lipinski definition) is 0. The standard InChI is InChI=1S/C25H40SSi/c1-9-14-23(18-19-27(20(3)4,21(5)6)22(7)8)25(15-10-2)26-24-16-12-11-13-17-24/h11-13,16-17,20-22H,9-10,14-15H2,1-8H3/b25-23-. The second-order valence-electron chi connectivity index (χ2n) is 8.46. The van der Waals surface area contributed by atoms with Crippen molar-refractivity contribution in [2.24, 2.45) is 0 Å². The van der Waals surface area contributed by atoms with Gasteiger partial charge in [0.1, 0.15) is 8.07 Å². The zero-order chi connectivity index (χ0) is 20.4. The van der Waals surface area contributed by atoms with Crippen molar-refractivity contribution in [1.29, 1.82) is 0 Å². The number of thioether (sulfide) groups is 1. The lowest BCUT2D eigenvalue weighted by Gasteiger charge is -2.38. The Labute approximate surface area is 174 Å². The number of rotatable bonds is 9. The molecule has 0 radical (unpaired) electrons. The minimum atomic E-state index is -1.68. The highest BCUT2D eigenvalue weighted by atomic mass is 32.2. The van der Waals surface area contributed by atoms with Crippen LogP contribution in [-0.2, 0) is 0 Å². The molecule has 1 aromatic rings. The van der Waals surface area contributed by atoms with E-state index in [0.29, 0.717) is 16.6 Å². The van der Waals surface area contributed by atoms with Crippen LogP contribution in [0.15, 0.2) is 45.7 Å². The van der Waals surface area contributed by atoms with Crippen LogP contribution in [0.1, 0.15) is 81.1 Å². The highest BCUT2D eigenvalue weighted by Crippen LogP contribution is 2.41. The third kappa shape index (κ3) is 6.58. The van der Waals surface area contributed by atoms with Crippen molar-refractivity contribution in [3.05, 3.63) is 40.8 Å². The summed E-state index contributed by atoms with van der Waals surface area (Å²) in [5.41, 5.74) is 7.41. The van der Waals surface area contributed by atoms with Gasteiger partial charge in [-0.3, -0.25) is 0 Å². The zero-order valence-electron chi connectivity index (χ0n) is 18.9. The summed E-state index contributed by atoms with van der Waals surface area (Å²) in [5.74, 6) is 3.78. The maximum atomic E-state index is 3.96. The molecule has 0 aliphatic heterocycles. The second-order valence-corrected chi connectivity index (χ2v) is 15.2. The molecule has 0 N–H and O–H groups in total. The summed E-state index contributed by atoms with van der Waals surface area (Å²) in [6.45, 7) is 18.9. The summed E-state index contributed by atoms with van der Waals surface area (Å²) in [6.07, 6.45) is 4.56. The van der Waals surface area contributed by atoms with Crippen LogP contribution < -0.4 is 0 Å². The molecule has 0 aromatic heterocycles. The van der Waals surface area contributed by atoms with Gasteiger partial charge in [-0.1, -0.05) is 104 Å². The summed E-state index contributed by atoms with van der Waals surface area (Å²) in [4.78, 5) is 2.81. The monoisotopic (exact) mass is 400 g/mol. The van der Waals surface area contributed by atoms with Gasteiger partial charge in [0.15, 0.2) is 0 Å². The molecule has 2 heteroatoms. The summed E-state index contributed by atoms with van der Waals surface area (Å²) < 4.78 is 0. The fourth-order valence-electron chi connectivity index (χ4n) is 4.26. The Hall–Kier alpha value is -0.913. The quantitative estimate of drug-likeness (QED) is 0.226. The van der Waals surface area contributed by atoms with Crippen molar-refractivity contribution in [2.75, 3.05) is 0 Å². The van der Waals surface area contributed by atoms with Gasteiger partial charge in [0.2, 0.25) is 0 Å². The van der Waals surface area contributed by atoms with E-state index in [1.165, 1.54) is 21.8 Å². The van der Waals surface area contributed by atoms with Crippen LogP contribution in [0, 0.1) is 11.5 Å². The molecule has 0 saturated carbocycles. The van der Waals surface area contributed by atoms with Crippen molar-refractivity contribution in [3.63, 3.8) is 0 Å². The first-order valence-corrected chi connectivity index (χ1v) is 13.8. The molecule has 0 fully saturated rings. The van der Waals surface area contributed by atoms with Gasteiger partial charge in [-0.15, -0.1) is 5.54 Å². The topological polar surface area (TPSA) is 0 Å². The minimum absolute atomic E-state index is 0.685. The molecule has 0 saturated heterocycles. The largest absolute Gasteiger partial charge is 0.146 e. The van der Waals surface area contributed by atoms with E-state index in [-0.39, 0.29) is 0 Å². The highest BCUT2D eigenvalue weighted by Gasteiger charge is 2.41. The SMILES string of the molecule is CCC/C(C#C[Si](C(C)C)(C(C)C)C(C)C)=C(\CCC)Sc1ccccc1. The smallest absolute Gasteiger partial charge is 0.125 e. The predicted octanol–water partition coefficient (Wildman–Crippen LogP) is 8.85. The van der Waals surface area contributed by atoms with Crippen molar-refractivity contribution in [2.45, 2.75) is 103 Å². The second kappa shape index (κ2) is 11.8. The summed E-state index contributed by atoms with van der Waals surface area (Å²) in [5, 5.41) is 0. The predicted molar refractivity (Wildman–Crippen MR) is 128 cm³/mol. The molecule has 0 aliphatic carbocycles. The Morgan fingerprint density at radius 3 is 1.81 bits per heavy atom. The van der Waals surface area contributed by atoms with Crippen LogP contribution in [0.2, 0.25) is 16.6 Å². The Morgan fingerprint density at radius 1 is 0.852 bits per heavy atom. The Balaban J connectivity index is 3.42. The van der Waals surface area contributed by atoms with Crippen LogP contribution in [0.4, 0.5) is 0 Å². The molecule has 1 rings (SSSR count). The van der Waals surface area contributed by atoms with Crippen molar-refractivity contribution in [1.82, 2.24) is 0 Å². The summed E-state index contributed by atoms with van der Waals surface area (Å²) in [6, 6.07) is 10.8. The molecule has 150 valence electrons. The average Bonchev–Trinajstić information content (AvgIpc) is 2.61. The Morgan fingerprint density at radius 2 is 1.37 bits per heavy atom. The van der Waals surface area contributed by atoms with Gasteiger partial charge in [-0.25, -0.2) is 0 Å². The molecule has 0 heterocycles. The van der Waals surface area contributed by atoms with E-state index in [2.05, 4.69) is 97.2 Å². The first kappa shape index (κ1) is 24.1. The lowest BCUT2D eigenvalue weighted by atomic mass is 10.1. The average molecular weight is 401 g/mol. The normalized spacial score (nSPS) is 13.0. The fourth-order valence-corrected chi connectivity index (χ4v) is 10.7. The van der Waals surface area contributed by atoms with E-state index in [9.17, 15) is 0 Å². The molecule has 0 amide bonds. The van der Waals surface area contributed by atoms with Crippen LogP contribution in [-0.4, -0.2) is 8.07 Å². The molecule has 0 unspecified atom stereocenters. The van der Waals surface area contributed by atoms with Crippen LogP contribution in [0.5, 0.6) is 0 Å². The number of benzene rings is 1. The first-order chi connectivity index (χ1) is 12.8. The third-order valence-electron chi connectivity index (χ3n) is 5.59. The maximum Gasteiger partial charge on any atom is 0.146 e. The molecule has 0 spiro atoms. The van der Waals surface area contributed by atoms with Gasteiger partial charge >= 0.3 is 0 Å². The molecule has 0 aliphatic rings.